The fraction of sp³-hybridized carbons (Fsp3) is 0.154. The van der Waals surface area contributed by atoms with Crippen molar-refractivity contribution in [1.29, 1.82) is 0 Å². The third kappa shape index (κ3) is 5.52. The van der Waals surface area contributed by atoms with Crippen LogP contribution in [0.15, 0.2) is 71.6 Å². The van der Waals surface area contributed by atoms with Crippen molar-refractivity contribution in [2.45, 2.75) is 20.1 Å². The largest absolute Gasteiger partial charge is 0.493 e. The maximum Gasteiger partial charge on any atom is 0.293 e. The molecule has 3 aromatic carbocycles. The van der Waals surface area contributed by atoms with Gasteiger partial charge in [-0.15, -0.1) is 0 Å². The topological polar surface area (TPSA) is 99.0 Å². The number of methoxy groups -OCH3 is 1. The number of thioether (sulfide) groups is 1. The maximum atomic E-state index is 12.9. The van der Waals surface area contributed by atoms with Crippen LogP contribution in [0.4, 0.5) is 10.5 Å². The first-order chi connectivity index (χ1) is 16.9. The van der Waals surface area contributed by atoms with Crippen LogP contribution < -0.4 is 9.47 Å². The molecule has 8 nitrogen and oxygen atoms in total. The van der Waals surface area contributed by atoms with E-state index in [1.807, 2.05) is 31.2 Å². The fourth-order valence-electron chi connectivity index (χ4n) is 3.52. The van der Waals surface area contributed by atoms with E-state index in [-0.39, 0.29) is 22.7 Å². The van der Waals surface area contributed by atoms with Crippen LogP contribution in [0, 0.1) is 17.0 Å². The van der Waals surface area contributed by atoms with Crippen LogP contribution >= 0.6 is 11.8 Å². The summed E-state index contributed by atoms with van der Waals surface area (Å²) < 4.78 is 11.4. The molecule has 0 radical (unpaired) electrons. The Morgan fingerprint density at radius 2 is 1.77 bits per heavy atom. The van der Waals surface area contributed by atoms with Crippen molar-refractivity contribution in [2.75, 3.05) is 7.11 Å². The van der Waals surface area contributed by atoms with Gasteiger partial charge in [-0.05, 0) is 48.0 Å². The van der Waals surface area contributed by atoms with Gasteiger partial charge in [0.25, 0.3) is 16.8 Å². The number of amides is 2. The highest BCUT2D eigenvalue weighted by molar-refractivity contribution is 8.18. The van der Waals surface area contributed by atoms with Gasteiger partial charge < -0.3 is 9.47 Å². The lowest BCUT2D eigenvalue weighted by Gasteiger charge is -2.13. The van der Waals surface area contributed by atoms with Crippen LogP contribution in [0.2, 0.25) is 0 Å². The number of imide groups is 1. The molecule has 2 amide bonds. The molecule has 0 bridgehead atoms. The van der Waals surface area contributed by atoms with Gasteiger partial charge in [0, 0.05) is 11.6 Å². The highest BCUT2D eigenvalue weighted by Crippen LogP contribution is 2.36. The van der Waals surface area contributed by atoms with Crippen molar-refractivity contribution in [3.8, 4) is 11.5 Å². The number of hydrogen-bond acceptors (Lipinski definition) is 7. The van der Waals surface area contributed by atoms with Crippen molar-refractivity contribution < 1.29 is 24.0 Å². The molecule has 1 aliphatic rings. The van der Waals surface area contributed by atoms with E-state index < -0.39 is 16.1 Å². The van der Waals surface area contributed by atoms with Crippen LogP contribution in [-0.4, -0.2) is 28.1 Å². The second kappa shape index (κ2) is 10.4. The summed E-state index contributed by atoms with van der Waals surface area (Å²) in [6.07, 6.45) is 1.59. The minimum absolute atomic E-state index is 0.138. The van der Waals surface area contributed by atoms with Crippen molar-refractivity contribution in [3.05, 3.63) is 104 Å². The quantitative estimate of drug-likeness (QED) is 0.226. The molecule has 1 aliphatic heterocycles. The molecule has 1 heterocycles. The Balaban J connectivity index is 1.50. The number of hydrogen-bond donors (Lipinski definition) is 0. The zero-order valence-electron chi connectivity index (χ0n) is 19.1. The van der Waals surface area contributed by atoms with E-state index in [4.69, 9.17) is 9.47 Å². The van der Waals surface area contributed by atoms with E-state index in [1.165, 1.54) is 30.9 Å². The van der Waals surface area contributed by atoms with Crippen LogP contribution in [-0.2, 0) is 17.9 Å². The Hall–Kier alpha value is -4.11. The Labute approximate surface area is 206 Å². The third-order valence-corrected chi connectivity index (χ3v) is 6.30. The first kappa shape index (κ1) is 24.0. The number of nitro benzene ring substituents is 1. The second-order valence-corrected chi connectivity index (χ2v) is 8.83. The number of rotatable bonds is 8. The number of aryl methyl sites for hydroxylation is 1. The molecule has 1 fully saturated rings. The van der Waals surface area contributed by atoms with Gasteiger partial charge in [-0.2, -0.15) is 0 Å². The van der Waals surface area contributed by atoms with Crippen molar-refractivity contribution in [3.63, 3.8) is 0 Å². The van der Waals surface area contributed by atoms with E-state index >= 15 is 0 Å². The lowest BCUT2D eigenvalue weighted by atomic mass is 10.1. The van der Waals surface area contributed by atoms with Gasteiger partial charge in [0.15, 0.2) is 11.5 Å². The van der Waals surface area contributed by atoms with Gasteiger partial charge in [-0.25, -0.2) is 0 Å². The third-order valence-electron chi connectivity index (χ3n) is 5.39. The minimum Gasteiger partial charge on any atom is -0.493 e. The molecule has 178 valence electrons. The molecule has 0 unspecified atom stereocenters. The summed E-state index contributed by atoms with van der Waals surface area (Å²) in [6, 6.07) is 19.3. The van der Waals surface area contributed by atoms with Crippen molar-refractivity contribution in [1.82, 2.24) is 4.90 Å². The Morgan fingerprint density at radius 3 is 2.49 bits per heavy atom. The smallest absolute Gasteiger partial charge is 0.293 e. The fourth-order valence-corrected chi connectivity index (χ4v) is 4.36. The summed E-state index contributed by atoms with van der Waals surface area (Å²) in [4.78, 5) is 37.4. The van der Waals surface area contributed by atoms with E-state index in [0.29, 0.717) is 23.7 Å². The normalized spacial score (nSPS) is 14.5. The first-order valence-electron chi connectivity index (χ1n) is 10.7. The van der Waals surface area contributed by atoms with Crippen LogP contribution in [0.5, 0.6) is 11.5 Å². The predicted molar refractivity (Wildman–Crippen MR) is 133 cm³/mol. The minimum atomic E-state index is -0.529. The summed E-state index contributed by atoms with van der Waals surface area (Å²) in [5.74, 6) is 0.538. The Bertz CT molecular complexity index is 1320. The van der Waals surface area contributed by atoms with E-state index in [0.717, 1.165) is 22.2 Å². The molecule has 9 heteroatoms. The summed E-state index contributed by atoms with van der Waals surface area (Å²) in [6.45, 7) is 2.22. The lowest BCUT2D eigenvalue weighted by Crippen LogP contribution is -2.27. The highest BCUT2D eigenvalue weighted by Gasteiger charge is 2.36. The number of carbonyl (C=O) groups is 2. The molecule has 0 N–H and O–H groups in total. The summed E-state index contributed by atoms with van der Waals surface area (Å²) in [7, 11) is 1.53. The Morgan fingerprint density at radius 1 is 1.03 bits per heavy atom. The molecule has 0 atom stereocenters. The zero-order valence-corrected chi connectivity index (χ0v) is 19.9. The van der Waals surface area contributed by atoms with Gasteiger partial charge >= 0.3 is 0 Å². The Kier molecular flexibility index (Phi) is 7.17. The number of ether oxygens (including phenoxy) is 2. The van der Waals surface area contributed by atoms with Gasteiger partial charge in [0.05, 0.1) is 23.5 Å². The molecule has 35 heavy (non-hydrogen) atoms. The van der Waals surface area contributed by atoms with E-state index in [2.05, 4.69) is 0 Å². The SMILES string of the molecule is COc1cc(/C=C2\SC(=O)N(Cc3ccccc3[N+](=O)[O-])C2=O)ccc1OCc1ccc(C)cc1. The number of nitrogens with zero attached hydrogens (tertiary/aromatic N) is 2. The molecule has 4 rings (SSSR count). The number of benzene rings is 3. The molecule has 0 aliphatic carbocycles. The van der Waals surface area contributed by atoms with Crippen LogP contribution in [0.25, 0.3) is 6.08 Å². The molecule has 0 saturated carbocycles. The first-order valence-corrected chi connectivity index (χ1v) is 11.5. The number of nitro groups is 1. The molecule has 1 saturated heterocycles. The predicted octanol–water partition coefficient (Wildman–Crippen LogP) is 5.73. The monoisotopic (exact) mass is 490 g/mol. The number of para-hydroxylation sites is 1. The van der Waals surface area contributed by atoms with Crippen LogP contribution in [0.1, 0.15) is 22.3 Å². The molecule has 0 spiro atoms. The van der Waals surface area contributed by atoms with Crippen molar-refractivity contribution >= 4 is 34.7 Å². The molecule has 0 aromatic heterocycles. The standard InChI is InChI=1S/C26H22N2O6S/c1-17-7-9-18(10-8-17)16-34-22-12-11-19(13-23(22)33-2)14-24-25(29)27(26(30)35-24)15-20-5-3-4-6-21(20)28(31)32/h3-14H,15-16H2,1-2H3/b24-14-. The van der Waals surface area contributed by atoms with Gasteiger partial charge in [-0.3, -0.25) is 24.6 Å². The molecular formula is C26H22N2O6S. The van der Waals surface area contributed by atoms with Gasteiger partial charge in [0.2, 0.25) is 0 Å². The average Bonchev–Trinajstić information content (AvgIpc) is 3.11. The number of carbonyl (C=O) groups excluding carboxylic acids is 2. The molecular weight excluding hydrogens is 468 g/mol. The van der Waals surface area contributed by atoms with Gasteiger partial charge in [0.1, 0.15) is 6.61 Å². The van der Waals surface area contributed by atoms with Crippen LogP contribution in [0.3, 0.4) is 0 Å². The summed E-state index contributed by atoms with van der Waals surface area (Å²) in [5.41, 5.74) is 3.00. The zero-order chi connectivity index (χ0) is 24.9. The maximum absolute atomic E-state index is 12.9. The average molecular weight is 491 g/mol. The van der Waals surface area contributed by atoms with Gasteiger partial charge in [-0.1, -0.05) is 54.1 Å². The molecule has 3 aromatic rings. The second-order valence-electron chi connectivity index (χ2n) is 7.84. The lowest BCUT2D eigenvalue weighted by molar-refractivity contribution is -0.385. The van der Waals surface area contributed by atoms with Crippen molar-refractivity contribution in [2.24, 2.45) is 0 Å². The highest BCUT2D eigenvalue weighted by atomic mass is 32.2. The summed E-state index contributed by atoms with van der Waals surface area (Å²) in [5, 5.41) is 10.8. The van der Waals surface area contributed by atoms with E-state index in [1.54, 1.807) is 30.3 Å². The summed E-state index contributed by atoms with van der Waals surface area (Å²) >= 11 is 0.793. The van der Waals surface area contributed by atoms with E-state index in [9.17, 15) is 19.7 Å².